The first kappa shape index (κ1) is 13.3. The second kappa shape index (κ2) is 6.71. The van der Waals surface area contributed by atoms with Crippen molar-refractivity contribution in [3.63, 3.8) is 0 Å². The summed E-state index contributed by atoms with van der Waals surface area (Å²) in [5, 5.41) is 3.27. The average Bonchev–Trinajstić information content (AvgIpc) is 2.55. The summed E-state index contributed by atoms with van der Waals surface area (Å²) in [7, 11) is 2.18. The quantitative estimate of drug-likeness (QED) is 0.881. The van der Waals surface area contributed by atoms with Gasteiger partial charge in [-0.3, -0.25) is 0 Å². The second-order valence-electron chi connectivity index (χ2n) is 4.94. The van der Waals surface area contributed by atoms with Crippen LogP contribution in [0.3, 0.4) is 0 Å². The number of nitrogens with one attached hydrogen (secondary N) is 1. The molecule has 0 aliphatic carbocycles. The predicted molar refractivity (Wildman–Crippen MR) is 73.4 cm³/mol. The van der Waals surface area contributed by atoms with Gasteiger partial charge in [0, 0.05) is 31.9 Å². The largest absolute Gasteiger partial charge is 0.384 e. The Morgan fingerprint density at radius 1 is 1.22 bits per heavy atom. The molecule has 0 aromatic heterocycles. The summed E-state index contributed by atoms with van der Waals surface area (Å²) in [5.74, 6) is -0.184. The Bertz CT molecular complexity index is 370. The van der Waals surface area contributed by atoms with E-state index in [0.29, 0.717) is 0 Å². The summed E-state index contributed by atoms with van der Waals surface area (Å²) in [5.41, 5.74) is 0.863. The van der Waals surface area contributed by atoms with Crippen LogP contribution in [0.5, 0.6) is 0 Å². The van der Waals surface area contributed by atoms with Crippen molar-refractivity contribution in [2.75, 3.05) is 51.6 Å². The van der Waals surface area contributed by atoms with Crippen LogP contribution in [0.15, 0.2) is 24.3 Å². The molecule has 1 aromatic rings. The van der Waals surface area contributed by atoms with Gasteiger partial charge in [-0.25, -0.2) is 4.39 Å². The van der Waals surface area contributed by atoms with Crippen molar-refractivity contribution in [2.24, 2.45) is 0 Å². The Kier molecular flexibility index (Phi) is 4.96. The van der Waals surface area contributed by atoms with E-state index in [0.717, 1.165) is 38.4 Å². The van der Waals surface area contributed by atoms with Crippen LogP contribution in [-0.2, 0) is 0 Å². The van der Waals surface area contributed by atoms with Crippen molar-refractivity contribution < 1.29 is 4.39 Å². The molecule has 1 aliphatic heterocycles. The van der Waals surface area contributed by atoms with Gasteiger partial charge < -0.3 is 15.1 Å². The molecular formula is C14H22FN3. The molecule has 0 amide bonds. The molecule has 0 saturated carbocycles. The maximum atomic E-state index is 13.0. The Hall–Kier alpha value is -1.13. The third-order valence-electron chi connectivity index (χ3n) is 3.39. The normalized spacial score (nSPS) is 18.6. The van der Waals surface area contributed by atoms with Crippen molar-refractivity contribution >= 4 is 5.69 Å². The Morgan fingerprint density at radius 3 is 2.94 bits per heavy atom. The van der Waals surface area contributed by atoms with Gasteiger partial charge in [-0.05, 0) is 44.8 Å². The monoisotopic (exact) mass is 251 g/mol. The van der Waals surface area contributed by atoms with E-state index in [1.807, 2.05) is 6.07 Å². The van der Waals surface area contributed by atoms with Crippen LogP contribution in [0, 0.1) is 5.82 Å². The highest BCUT2D eigenvalue weighted by Crippen LogP contribution is 2.08. The fourth-order valence-electron chi connectivity index (χ4n) is 2.28. The van der Waals surface area contributed by atoms with Gasteiger partial charge in [-0.15, -0.1) is 0 Å². The molecule has 0 radical (unpaired) electrons. The maximum absolute atomic E-state index is 13.0. The standard InChI is InChI=1S/C14H22FN3/c1-17-7-3-8-18(11-10-17)9-6-16-14-5-2-4-13(15)12-14/h2,4-5,12,16H,3,6-11H2,1H3. The van der Waals surface area contributed by atoms with E-state index in [2.05, 4.69) is 22.2 Å². The average molecular weight is 251 g/mol. The second-order valence-corrected chi connectivity index (χ2v) is 4.94. The minimum atomic E-state index is -0.184. The predicted octanol–water partition coefficient (Wildman–Crippen LogP) is 1.88. The molecule has 1 heterocycles. The van der Waals surface area contributed by atoms with Crippen molar-refractivity contribution in [3.8, 4) is 0 Å². The summed E-state index contributed by atoms with van der Waals surface area (Å²) in [6.45, 7) is 6.50. The molecule has 0 spiro atoms. The molecular weight excluding hydrogens is 229 g/mol. The van der Waals surface area contributed by atoms with E-state index in [1.165, 1.54) is 25.1 Å². The molecule has 18 heavy (non-hydrogen) atoms. The topological polar surface area (TPSA) is 18.5 Å². The highest BCUT2D eigenvalue weighted by Gasteiger charge is 2.11. The van der Waals surface area contributed by atoms with Crippen molar-refractivity contribution in [1.29, 1.82) is 0 Å². The molecule has 1 N–H and O–H groups in total. The lowest BCUT2D eigenvalue weighted by atomic mass is 10.3. The first-order chi connectivity index (χ1) is 8.74. The van der Waals surface area contributed by atoms with Gasteiger partial charge in [0.1, 0.15) is 5.82 Å². The zero-order chi connectivity index (χ0) is 12.8. The first-order valence-electron chi connectivity index (χ1n) is 6.64. The lowest BCUT2D eigenvalue weighted by Gasteiger charge is -2.20. The van der Waals surface area contributed by atoms with Gasteiger partial charge in [-0.2, -0.15) is 0 Å². The highest BCUT2D eigenvalue weighted by molar-refractivity contribution is 5.42. The van der Waals surface area contributed by atoms with Crippen LogP contribution >= 0.6 is 0 Å². The number of hydrogen-bond donors (Lipinski definition) is 1. The molecule has 1 aromatic carbocycles. The molecule has 0 unspecified atom stereocenters. The van der Waals surface area contributed by atoms with Crippen molar-refractivity contribution in [3.05, 3.63) is 30.1 Å². The van der Waals surface area contributed by atoms with Crippen LogP contribution in [-0.4, -0.2) is 56.1 Å². The van der Waals surface area contributed by atoms with Gasteiger partial charge in [0.2, 0.25) is 0 Å². The van der Waals surface area contributed by atoms with Gasteiger partial charge in [0.15, 0.2) is 0 Å². The van der Waals surface area contributed by atoms with Crippen molar-refractivity contribution in [2.45, 2.75) is 6.42 Å². The molecule has 4 heteroatoms. The number of anilines is 1. The summed E-state index contributed by atoms with van der Waals surface area (Å²) in [6.07, 6.45) is 1.23. The molecule has 1 fully saturated rings. The molecule has 100 valence electrons. The lowest BCUT2D eigenvalue weighted by Crippen LogP contribution is -2.32. The molecule has 1 saturated heterocycles. The van der Waals surface area contributed by atoms with Crippen LogP contribution in [0.1, 0.15) is 6.42 Å². The number of benzene rings is 1. The fraction of sp³-hybridized carbons (Fsp3) is 0.571. The fourth-order valence-corrected chi connectivity index (χ4v) is 2.28. The maximum Gasteiger partial charge on any atom is 0.125 e. The Labute approximate surface area is 109 Å². The SMILES string of the molecule is CN1CCCN(CCNc2cccc(F)c2)CC1. The molecule has 2 rings (SSSR count). The number of likely N-dealkylation sites (N-methyl/N-ethyl adjacent to an activating group) is 1. The Balaban J connectivity index is 1.71. The summed E-state index contributed by atoms with van der Waals surface area (Å²) in [4.78, 5) is 4.84. The third-order valence-corrected chi connectivity index (χ3v) is 3.39. The molecule has 0 bridgehead atoms. The van der Waals surface area contributed by atoms with E-state index < -0.39 is 0 Å². The molecule has 1 aliphatic rings. The van der Waals surface area contributed by atoms with E-state index >= 15 is 0 Å². The van der Waals surface area contributed by atoms with Gasteiger partial charge in [0.25, 0.3) is 0 Å². The third kappa shape index (κ3) is 4.27. The van der Waals surface area contributed by atoms with E-state index in [4.69, 9.17) is 0 Å². The van der Waals surface area contributed by atoms with Crippen LogP contribution in [0.4, 0.5) is 10.1 Å². The van der Waals surface area contributed by atoms with E-state index in [9.17, 15) is 4.39 Å². The minimum absolute atomic E-state index is 0.184. The summed E-state index contributed by atoms with van der Waals surface area (Å²) >= 11 is 0. The number of halogens is 1. The number of hydrogen-bond acceptors (Lipinski definition) is 3. The minimum Gasteiger partial charge on any atom is -0.384 e. The van der Waals surface area contributed by atoms with Crippen LogP contribution < -0.4 is 5.32 Å². The van der Waals surface area contributed by atoms with Crippen molar-refractivity contribution in [1.82, 2.24) is 9.80 Å². The van der Waals surface area contributed by atoms with Crippen LogP contribution in [0.25, 0.3) is 0 Å². The summed E-state index contributed by atoms with van der Waals surface area (Å²) < 4.78 is 13.0. The zero-order valence-corrected chi connectivity index (χ0v) is 11.0. The first-order valence-corrected chi connectivity index (χ1v) is 6.64. The van der Waals surface area contributed by atoms with Gasteiger partial charge >= 0.3 is 0 Å². The van der Waals surface area contributed by atoms with E-state index in [1.54, 1.807) is 6.07 Å². The molecule has 3 nitrogen and oxygen atoms in total. The van der Waals surface area contributed by atoms with Crippen LogP contribution in [0.2, 0.25) is 0 Å². The van der Waals surface area contributed by atoms with Gasteiger partial charge in [0.05, 0.1) is 0 Å². The zero-order valence-electron chi connectivity index (χ0n) is 11.0. The van der Waals surface area contributed by atoms with E-state index in [-0.39, 0.29) is 5.82 Å². The number of nitrogens with zero attached hydrogens (tertiary/aromatic N) is 2. The highest BCUT2D eigenvalue weighted by atomic mass is 19.1. The number of rotatable bonds is 4. The molecule has 0 atom stereocenters. The lowest BCUT2D eigenvalue weighted by molar-refractivity contribution is 0.285. The smallest absolute Gasteiger partial charge is 0.125 e. The summed E-state index contributed by atoms with van der Waals surface area (Å²) in [6, 6.07) is 6.64. The van der Waals surface area contributed by atoms with Gasteiger partial charge in [-0.1, -0.05) is 6.07 Å². The Morgan fingerprint density at radius 2 is 2.11 bits per heavy atom.